The summed E-state index contributed by atoms with van der Waals surface area (Å²) >= 11 is 0. The van der Waals surface area contributed by atoms with Crippen molar-refractivity contribution in [2.75, 3.05) is 11.9 Å². The van der Waals surface area contributed by atoms with Gasteiger partial charge in [0.15, 0.2) is 0 Å². The predicted octanol–water partition coefficient (Wildman–Crippen LogP) is 3.08. The largest absolute Gasteiger partial charge is 0.489 e. The molecule has 0 aliphatic heterocycles. The predicted molar refractivity (Wildman–Crippen MR) is 128 cm³/mol. The van der Waals surface area contributed by atoms with Crippen LogP contribution in [0.3, 0.4) is 0 Å². The van der Waals surface area contributed by atoms with Gasteiger partial charge in [-0.3, -0.25) is 19.2 Å². The summed E-state index contributed by atoms with van der Waals surface area (Å²) in [6.45, 7) is 5.61. The quantitative estimate of drug-likeness (QED) is 0.430. The standard InChI is InChI=1S/C26H30N2O7/c1-4-27-22(29)19-13-20(23(30)31)26(3,21(19)24(32)33)25(34)28-17-9-11-18(12-10-17)35-14-16-7-5-15(2)6-8-16/h5-12,19-21H,4,13-14H2,1-3H3,(H,27,29)(H,28,34)(H,30,31)(H,32,33)/t19-,20?,21?,26+/m1/s1. The van der Waals surface area contributed by atoms with Crippen molar-refractivity contribution < 1.29 is 34.1 Å². The summed E-state index contributed by atoms with van der Waals surface area (Å²) in [5, 5.41) is 24.9. The molecule has 35 heavy (non-hydrogen) atoms. The fraction of sp³-hybridized carbons (Fsp3) is 0.385. The van der Waals surface area contributed by atoms with Gasteiger partial charge in [-0.05, 0) is 57.0 Å². The van der Waals surface area contributed by atoms with E-state index in [1.807, 2.05) is 31.2 Å². The van der Waals surface area contributed by atoms with Crippen LogP contribution in [0, 0.1) is 30.1 Å². The van der Waals surface area contributed by atoms with Crippen molar-refractivity contribution in [1.29, 1.82) is 0 Å². The van der Waals surface area contributed by atoms with E-state index >= 15 is 0 Å². The number of amides is 2. The van der Waals surface area contributed by atoms with Gasteiger partial charge in [0.25, 0.3) is 0 Å². The molecule has 2 aromatic rings. The van der Waals surface area contributed by atoms with Gasteiger partial charge in [0, 0.05) is 12.2 Å². The van der Waals surface area contributed by atoms with Gasteiger partial charge < -0.3 is 25.6 Å². The molecule has 4 atom stereocenters. The number of carboxylic acid groups (broad SMARTS) is 2. The van der Waals surface area contributed by atoms with Crippen molar-refractivity contribution in [3.05, 3.63) is 59.7 Å². The number of carboxylic acids is 2. The van der Waals surface area contributed by atoms with E-state index in [1.54, 1.807) is 31.2 Å². The number of aliphatic carboxylic acids is 2. The number of rotatable bonds is 9. The Hall–Kier alpha value is -3.88. The zero-order valence-corrected chi connectivity index (χ0v) is 19.9. The summed E-state index contributed by atoms with van der Waals surface area (Å²) in [6.07, 6.45) is -0.242. The highest BCUT2D eigenvalue weighted by atomic mass is 16.5. The highest BCUT2D eigenvalue weighted by Crippen LogP contribution is 2.52. The molecule has 1 aliphatic rings. The number of hydrogen-bond acceptors (Lipinski definition) is 5. The number of nitrogens with one attached hydrogen (secondary N) is 2. The van der Waals surface area contributed by atoms with Gasteiger partial charge in [-0.25, -0.2) is 0 Å². The monoisotopic (exact) mass is 482 g/mol. The van der Waals surface area contributed by atoms with Crippen LogP contribution >= 0.6 is 0 Å². The first-order valence-electron chi connectivity index (χ1n) is 11.4. The van der Waals surface area contributed by atoms with Gasteiger partial charge in [0.05, 0.1) is 23.2 Å². The molecule has 0 heterocycles. The van der Waals surface area contributed by atoms with Crippen molar-refractivity contribution in [3.63, 3.8) is 0 Å². The molecule has 1 fully saturated rings. The second-order valence-corrected chi connectivity index (χ2v) is 8.98. The molecule has 9 nitrogen and oxygen atoms in total. The Labute approximate surface area is 203 Å². The molecule has 0 bridgehead atoms. The summed E-state index contributed by atoms with van der Waals surface area (Å²) in [6, 6.07) is 14.4. The number of aryl methyl sites for hydroxylation is 1. The van der Waals surface area contributed by atoms with E-state index in [4.69, 9.17) is 4.74 Å². The second kappa shape index (κ2) is 10.6. The minimum absolute atomic E-state index is 0.242. The lowest BCUT2D eigenvalue weighted by Gasteiger charge is -2.32. The zero-order valence-electron chi connectivity index (χ0n) is 19.9. The molecule has 186 valence electrons. The van der Waals surface area contributed by atoms with Gasteiger partial charge >= 0.3 is 11.9 Å². The topological polar surface area (TPSA) is 142 Å². The molecule has 2 amide bonds. The molecule has 3 rings (SSSR count). The first-order chi connectivity index (χ1) is 16.6. The van der Waals surface area contributed by atoms with Crippen molar-refractivity contribution in [3.8, 4) is 5.75 Å². The van der Waals surface area contributed by atoms with E-state index in [2.05, 4.69) is 10.6 Å². The van der Waals surface area contributed by atoms with Crippen LogP contribution in [-0.4, -0.2) is 40.5 Å². The normalized spacial score (nSPS) is 23.3. The van der Waals surface area contributed by atoms with E-state index in [0.717, 1.165) is 11.1 Å². The van der Waals surface area contributed by atoms with Crippen LogP contribution in [0.25, 0.3) is 0 Å². The molecule has 1 saturated carbocycles. The molecule has 2 aromatic carbocycles. The van der Waals surface area contributed by atoms with Gasteiger partial charge in [0.1, 0.15) is 12.4 Å². The molecule has 0 aromatic heterocycles. The van der Waals surface area contributed by atoms with Gasteiger partial charge in [-0.15, -0.1) is 0 Å². The Morgan fingerprint density at radius 2 is 1.63 bits per heavy atom. The third kappa shape index (κ3) is 5.45. The lowest BCUT2D eigenvalue weighted by Crippen LogP contribution is -2.48. The Kier molecular flexibility index (Phi) is 7.78. The lowest BCUT2D eigenvalue weighted by molar-refractivity contribution is -0.158. The van der Waals surface area contributed by atoms with Crippen LogP contribution in [0.2, 0.25) is 0 Å². The maximum atomic E-state index is 13.3. The number of ether oxygens (including phenoxy) is 1. The highest BCUT2D eigenvalue weighted by molar-refractivity contribution is 6.03. The fourth-order valence-electron chi connectivity index (χ4n) is 4.67. The molecule has 0 radical (unpaired) electrons. The Morgan fingerprint density at radius 1 is 1.00 bits per heavy atom. The molecule has 4 N–H and O–H groups in total. The van der Waals surface area contributed by atoms with E-state index in [1.165, 1.54) is 6.92 Å². The third-order valence-electron chi connectivity index (χ3n) is 6.64. The van der Waals surface area contributed by atoms with Crippen LogP contribution in [-0.2, 0) is 25.8 Å². The molecule has 0 saturated heterocycles. The van der Waals surface area contributed by atoms with E-state index in [-0.39, 0.29) is 13.0 Å². The van der Waals surface area contributed by atoms with E-state index < -0.39 is 46.9 Å². The average molecular weight is 483 g/mol. The number of carbonyl (C=O) groups excluding carboxylic acids is 2. The fourth-order valence-corrected chi connectivity index (χ4v) is 4.67. The summed E-state index contributed by atoms with van der Waals surface area (Å²) < 4.78 is 5.76. The van der Waals surface area contributed by atoms with Gasteiger partial charge in [-0.1, -0.05) is 29.8 Å². The van der Waals surface area contributed by atoms with Crippen molar-refractivity contribution in [2.45, 2.75) is 33.8 Å². The van der Waals surface area contributed by atoms with Gasteiger partial charge in [-0.2, -0.15) is 0 Å². The summed E-state index contributed by atoms with van der Waals surface area (Å²) in [5.41, 5.74) is 0.669. The minimum atomic E-state index is -1.84. The van der Waals surface area contributed by atoms with Crippen LogP contribution in [0.4, 0.5) is 5.69 Å². The second-order valence-electron chi connectivity index (χ2n) is 8.98. The first-order valence-corrected chi connectivity index (χ1v) is 11.4. The third-order valence-corrected chi connectivity index (χ3v) is 6.64. The van der Waals surface area contributed by atoms with Crippen molar-refractivity contribution >= 4 is 29.4 Å². The first kappa shape index (κ1) is 25.7. The maximum absolute atomic E-state index is 13.3. The van der Waals surface area contributed by atoms with Crippen LogP contribution in [0.1, 0.15) is 31.4 Å². The maximum Gasteiger partial charge on any atom is 0.308 e. The molecule has 2 unspecified atom stereocenters. The Morgan fingerprint density at radius 3 is 2.17 bits per heavy atom. The summed E-state index contributed by atoms with van der Waals surface area (Å²) in [5.74, 6) is -7.44. The van der Waals surface area contributed by atoms with Crippen LogP contribution in [0.5, 0.6) is 5.75 Å². The Balaban J connectivity index is 1.76. The summed E-state index contributed by atoms with van der Waals surface area (Å²) in [7, 11) is 0. The number of benzene rings is 2. The number of anilines is 1. The van der Waals surface area contributed by atoms with Crippen LogP contribution in [0.15, 0.2) is 48.5 Å². The number of carbonyl (C=O) groups is 4. The molecule has 0 spiro atoms. The van der Waals surface area contributed by atoms with E-state index in [0.29, 0.717) is 18.0 Å². The Bertz CT molecular complexity index is 1100. The van der Waals surface area contributed by atoms with Crippen molar-refractivity contribution in [2.24, 2.45) is 23.2 Å². The SMILES string of the molecule is CCNC(=O)[C@@H]1CC(C(=O)O)[C@](C)(C(=O)Nc2ccc(OCc3ccc(C)cc3)cc2)C1C(=O)O. The molecular formula is C26H30N2O7. The smallest absolute Gasteiger partial charge is 0.308 e. The highest BCUT2D eigenvalue weighted by Gasteiger charge is 2.63. The minimum Gasteiger partial charge on any atom is -0.489 e. The average Bonchev–Trinajstić information content (AvgIpc) is 3.15. The molecule has 1 aliphatic carbocycles. The zero-order chi connectivity index (χ0) is 25.8. The molecular weight excluding hydrogens is 452 g/mol. The molecule has 9 heteroatoms. The van der Waals surface area contributed by atoms with Crippen molar-refractivity contribution in [1.82, 2.24) is 5.32 Å². The van der Waals surface area contributed by atoms with E-state index in [9.17, 15) is 29.4 Å². The summed E-state index contributed by atoms with van der Waals surface area (Å²) in [4.78, 5) is 50.0. The lowest BCUT2D eigenvalue weighted by atomic mass is 9.71. The number of hydrogen-bond donors (Lipinski definition) is 4. The van der Waals surface area contributed by atoms with Crippen LogP contribution < -0.4 is 15.4 Å². The van der Waals surface area contributed by atoms with Gasteiger partial charge in [0.2, 0.25) is 11.8 Å².